The molecule has 45 heavy (non-hydrogen) atoms. The smallest absolute Gasteiger partial charge is 0.408 e. The van der Waals surface area contributed by atoms with E-state index in [-0.39, 0.29) is 50.9 Å². The lowest BCUT2D eigenvalue weighted by atomic mass is 10.0. The van der Waals surface area contributed by atoms with Crippen molar-refractivity contribution in [1.29, 1.82) is 5.26 Å². The van der Waals surface area contributed by atoms with Crippen LogP contribution in [0.3, 0.4) is 0 Å². The number of alkyl carbamates (subject to hydrolysis) is 1. The van der Waals surface area contributed by atoms with Crippen LogP contribution in [0.2, 0.25) is 0 Å². The number of nitriles is 1. The van der Waals surface area contributed by atoms with E-state index in [2.05, 4.69) is 46.4 Å². The third kappa shape index (κ3) is 12.6. The van der Waals surface area contributed by atoms with Gasteiger partial charge in [0.05, 0.1) is 26.4 Å². The topological polar surface area (TPSA) is 139 Å². The van der Waals surface area contributed by atoms with Crippen LogP contribution in [0, 0.1) is 11.3 Å². The number of nitrogens with zero attached hydrogens (tertiary/aromatic N) is 2. The predicted octanol–water partition coefficient (Wildman–Crippen LogP) is 4.25. The van der Waals surface area contributed by atoms with Gasteiger partial charge in [-0.3, -0.25) is 4.79 Å². The first kappa shape index (κ1) is 35.7. The van der Waals surface area contributed by atoms with Crippen molar-refractivity contribution >= 4 is 53.1 Å². The highest BCUT2D eigenvalue weighted by Gasteiger charge is 2.24. The van der Waals surface area contributed by atoms with Gasteiger partial charge in [-0.1, -0.05) is 18.2 Å². The highest BCUT2D eigenvalue weighted by Crippen LogP contribution is 2.26. The number of ether oxygens (including phenoxy) is 4. The summed E-state index contributed by atoms with van der Waals surface area (Å²) in [6.45, 7) is 8.44. The van der Waals surface area contributed by atoms with E-state index in [4.69, 9.17) is 18.9 Å². The Morgan fingerprint density at radius 2 is 1.64 bits per heavy atom. The number of piperidine rings is 1. The average molecular weight is 641 g/mol. The van der Waals surface area contributed by atoms with Crippen LogP contribution in [0.5, 0.6) is 0 Å². The van der Waals surface area contributed by atoms with Crippen molar-refractivity contribution in [3.63, 3.8) is 0 Å². The Kier molecular flexibility index (Phi) is 14.5. The number of fused-ring (bicyclic) bond motifs is 1. The van der Waals surface area contributed by atoms with Gasteiger partial charge >= 0.3 is 12.1 Å². The van der Waals surface area contributed by atoms with Gasteiger partial charge in [-0.25, -0.2) is 9.59 Å². The Labute approximate surface area is 270 Å². The lowest BCUT2D eigenvalue weighted by Gasteiger charge is -2.29. The molecule has 2 aromatic rings. The van der Waals surface area contributed by atoms with E-state index >= 15 is 0 Å². The molecule has 1 aliphatic heterocycles. The van der Waals surface area contributed by atoms with Gasteiger partial charge in [0.15, 0.2) is 0 Å². The van der Waals surface area contributed by atoms with Gasteiger partial charge < -0.3 is 34.5 Å². The third-order valence-corrected chi connectivity index (χ3v) is 7.14. The largest absolute Gasteiger partial charge is 0.462 e. The van der Waals surface area contributed by atoms with E-state index in [9.17, 15) is 19.6 Å². The first-order valence-electron chi connectivity index (χ1n) is 15.2. The number of benzene rings is 2. The third-order valence-electron chi connectivity index (χ3n) is 6.78. The summed E-state index contributed by atoms with van der Waals surface area (Å²) in [7, 11) is 0. The maximum atomic E-state index is 12.5. The minimum absolute atomic E-state index is 0.00468. The van der Waals surface area contributed by atoms with Crippen molar-refractivity contribution in [2.75, 3.05) is 63.3 Å². The van der Waals surface area contributed by atoms with Gasteiger partial charge in [0.2, 0.25) is 0 Å². The quantitative estimate of drug-likeness (QED) is 0.0857. The summed E-state index contributed by atoms with van der Waals surface area (Å²) < 4.78 is 21.1. The number of nitrogens with one attached hydrogen (secondary N) is 2. The molecule has 0 unspecified atom stereocenters. The first-order chi connectivity index (χ1) is 21.6. The van der Waals surface area contributed by atoms with Crippen LogP contribution in [0.1, 0.15) is 45.6 Å². The lowest BCUT2D eigenvalue weighted by molar-refractivity contribution is -0.147. The van der Waals surface area contributed by atoms with E-state index in [1.807, 2.05) is 24.3 Å². The molecule has 1 saturated heterocycles. The molecule has 2 amide bonds. The van der Waals surface area contributed by atoms with E-state index in [1.165, 1.54) is 24.9 Å². The summed E-state index contributed by atoms with van der Waals surface area (Å²) in [4.78, 5) is 39.0. The summed E-state index contributed by atoms with van der Waals surface area (Å²) in [6.07, 6.45) is 4.59. The average Bonchev–Trinajstić information content (AvgIpc) is 3.02. The van der Waals surface area contributed by atoms with Crippen LogP contribution in [0.15, 0.2) is 42.0 Å². The van der Waals surface area contributed by atoms with Crippen molar-refractivity contribution in [3.05, 3.63) is 47.5 Å². The van der Waals surface area contributed by atoms with Gasteiger partial charge in [0.1, 0.15) is 29.9 Å². The number of carbonyl (C=O) groups excluding carboxylic acids is 3. The molecule has 244 valence electrons. The fourth-order valence-electron chi connectivity index (χ4n) is 4.59. The maximum absolute atomic E-state index is 12.5. The van der Waals surface area contributed by atoms with Gasteiger partial charge in [0, 0.05) is 31.1 Å². The predicted molar refractivity (Wildman–Crippen MR) is 176 cm³/mol. The minimum atomic E-state index is -0.941. The molecule has 0 spiro atoms. The molecular weight excluding hydrogens is 596 g/mol. The second kappa shape index (κ2) is 18.2. The molecule has 0 aliphatic carbocycles. The maximum Gasteiger partial charge on any atom is 0.408 e. The number of rotatable bonds is 15. The Morgan fingerprint density at radius 3 is 2.33 bits per heavy atom. The van der Waals surface area contributed by atoms with Gasteiger partial charge in [-0.15, -0.1) is 0 Å². The first-order valence-corrected chi connectivity index (χ1v) is 15.8. The number of carbonyl (C=O) groups is 3. The summed E-state index contributed by atoms with van der Waals surface area (Å²) in [6, 6.07) is 13.4. The molecule has 0 radical (unpaired) electrons. The Morgan fingerprint density at radius 1 is 0.978 bits per heavy atom. The molecule has 0 saturated carbocycles. The van der Waals surface area contributed by atoms with Crippen molar-refractivity contribution in [3.8, 4) is 6.07 Å². The molecule has 0 aromatic heterocycles. The Hall–Kier alpha value is -3.79. The Bertz CT molecular complexity index is 1360. The zero-order valence-corrected chi connectivity index (χ0v) is 27.2. The molecule has 12 heteroatoms. The number of thiol groups is 1. The summed E-state index contributed by atoms with van der Waals surface area (Å²) in [5.74, 6) is -1.06. The van der Waals surface area contributed by atoms with Crippen molar-refractivity contribution in [2.24, 2.45) is 0 Å². The summed E-state index contributed by atoms with van der Waals surface area (Å²) >= 11 is 4.07. The standard InChI is InChI=1S/C33H44N4O7S/c1-33(2,3)44-32(40)36-29(23-45)31(39)43-18-17-42-16-15-41-14-11-35-30(38)27(22-34)20-24-7-8-26-21-28(10-9-25(26)19-24)37-12-5-4-6-13-37/h7-10,19-21,29,45H,4-6,11-18,23H2,1-3H3,(H,35,38)(H,36,40)/b27-20+/t29-/m0/s1. The van der Waals surface area contributed by atoms with E-state index < -0.39 is 29.6 Å². The van der Waals surface area contributed by atoms with E-state index in [0.29, 0.717) is 0 Å². The highest BCUT2D eigenvalue weighted by molar-refractivity contribution is 7.80. The van der Waals surface area contributed by atoms with Crippen LogP contribution in [-0.2, 0) is 28.5 Å². The number of hydrogen-bond acceptors (Lipinski definition) is 10. The van der Waals surface area contributed by atoms with Gasteiger partial charge in [0.25, 0.3) is 5.91 Å². The van der Waals surface area contributed by atoms with Gasteiger partial charge in [-0.05, 0) is 80.6 Å². The van der Waals surface area contributed by atoms with Gasteiger partial charge in [-0.2, -0.15) is 17.9 Å². The molecule has 2 aromatic carbocycles. The zero-order chi connectivity index (χ0) is 32.7. The monoisotopic (exact) mass is 640 g/mol. The van der Waals surface area contributed by atoms with Crippen LogP contribution < -0.4 is 15.5 Å². The number of esters is 1. The lowest BCUT2D eigenvalue weighted by Crippen LogP contribution is -2.45. The molecule has 3 rings (SSSR count). The normalized spacial score (nSPS) is 14.4. The molecule has 1 atom stereocenters. The summed E-state index contributed by atoms with van der Waals surface area (Å²) in [5, 5.41) is 16.9. The van der Waals surface area contributed by atoms with E-state index in [0.717, 1.165) is 29.4 Å². The van der Waals surface area contributed by atoms with Crippen molar-refractivity contribution in [1.82, 2.24) is 10.6 Å². The van der Waals surface area contributed by atoms with Crippen LogP contribution in [0.4, 0.5) is 10.5 Å². The molecule has 11 nitrogen and oxygen atoms in total. The fraction of sp³-hybridized carbons (Fsp3) is 0.515. The highest BCUT2D eigenvalue weighted by atomic mass is 32.1. The Balaban J connectivity index is 1.30. The minimum Gasteiger partial charge on any atom is -0.462 e. The molecule has 0 bridgehead atoms. The molecule has 1 aliphatic rings. The molecule has 2 N–H and O–H groups in total. The number of anilines is 1. The second-order valence-electron chi connectivity index (χ2n) is 11.5. The fourth-order valence-corrected chi connectivity index (χ4v) is 4.83. The van der Waals surface area contributed by atoms with Crippen molar-refractivity contribution in [2.45, 2.75) is 51.7 Å². The number of amides is 2. The van der Waals surface area contributed by atoms with Crippen molar-refractivity contribution < 1.29 is 33.3 Å². The van der Waals surface area contributed by atoms with Crippen LogP contribution in [0.25, 0.3) is 16.8 Å². The SMILES string of the molecule is CC(C)(C)OC(=O)N[C@@H](CS)C(=O)OCCOCCOCCNC(=O)/C(C#N)=C/c1ccc2cc(N3CCCCC3)ccc2c1. The molecule has 1 heterocycles. The van der Waals surface area contributed by atoms with E-state index in [1.54, 1.807) is 26.8 Å². The second-order valence-corrected chi connectivity index (χ2v) is 11.9. The van der Waals surface area contributed by atoms with Crippen LogP contribution in [-0.4, -0.2) is 88.0 Å². The van der Waals surface area contributed by atoms with Crippen LogP contribution >= 0.6 is 12.6 Å². The summed E-state index contributed by atoms with van der Waals surface area (Å²) in [5.41, 5.74) is 1.33. The molecular formula is C33H44N4O7S. The molecule has 1 fully saturated rings. The zero-order valence-electron chi connectivity index (χ0n) is 26.3. The number of hydrogen-bond donors (Lipinski definition) is 3.